The van der Waals surface area contributed by atoms with E-state index >= 15 is 0 Å². The van der Waals surface area contributed by atoms with Crippen LogP contribution in [0.3, 0.4) is 0 Å². The summed E-state index contributed by atoms with van der Waals surface area (Å²) in [5.74, 6) is -10.3. The number of rotatable bonds is 0. The van der Waals surface area contributed by atoms with Crippen LogP contribution in [0, 0.1) is 0 Å². The van der Waals surface area contributed by atoms with Crippen LogP contribution in [0.1, 0.15) is 0 Å². The van der Waals surface area contributed by atoms with E-state index in [1.165, 1.54) is 0 Å². The molecule has 0 aliphatic heterocycles. The first kappa shape index (κ1) is 12.0. The van der Waals surface area contributed by atoms with Gasteiger partial charge in [0.15, 0.2) is 0 Å². The van der Waals surface area contributed by atoms with E-state index in [1.54, 1.807) is 0 Å². The molecule has 2 unspecified atom stereocenters. The molecule has 0 aromatic rings. The molecule has 0 aromatic carbocycles. The van der Waals surface area contributed by atoms with E-state index < -0.39 is 28.2 Å². The molecule has 0 heterocycles. The van der Waals surface area contributed by atoms with Crippen LogP contribution in [0.4, 0.5) is 26.3 Å². The van der Waals surface area contributed by atoms with Crippen LogP contribution >= 0.6 is 23.2 Å². The molecule has 0 amide bonds. The maximum Gasteiger partial charge on any atom is 0.365 e. The van der Waals surface area contributed by atoms with Crippen molar-refractivity contribution in [1.29, 1.82) is 0 Å². The lowest BCUT2D eigenvalue weighted by atomic mass is 9.95. The highest BCUT2D eigenvalue weighted by Crippen LogP contribution is 2.58. The summed E-state index contributed by atoms with van der Waals surface area (Å²) < 4.78 is 75.9. The first-order valence-electron chi connectivity index (χ1n) is 3.17. The zero-order chi connectivity index (χ0) is 11.4. The summed E-state index contributed by atoms with van der Waals surface area (Å²) in [6.07, 6.45) is -0.751. The van der Waals surface area contributed by atoms with E-state index in [4.69, 9.17) is 0 Å². The molecule has 1 rings (SSSR count). The fraction of sp³-hybridized carbons (Fsp3) is 0.667. The lowest BCUT2D eigenvalue weighted by Gasteiger charge is -2.40. The lowest BCUT2D eigenvalue weighted by molar-refractivity contribution is -0.247. The molecular formula is C6H2Cl2F6. The summed E-state index contributed by atoms with van der Waals surface area (Å²) >= 11 is 8.99. The van der Waals surface area contributed by atoms with Gasteiger partial charge in [-0.3, -0.25) is 0 Å². The van der Waals surface area contributed by atoms with E-state index in [0.717, 1.165) is 0 Å². The third-order valence-corrected chi connectivity index (χ3v) is 2.73. The number of hydrogen-bond acceptors (Lipinski definition) is 0. The molecule has 1 aliphatic carbocycles. The molecule has 0 spiro atoms. The van der Waals surface area contributed by atoms with Crippen molar-refractivity contribution in [3.8, 4) is 0 Å². The molecular weight excluding hydrogens is 257 g/mol. The average molecular weight is 259 g/mol. The summed E-state index contributed by atoms with van der Waals surface area (Å²) in [6, 6.07) is 0. The zero-order valence-electron chi connectivity index (χ0n) is 6.18. The van der Waals surface area contributed by atoms with E-state index in [1.807, 2.05) is 0 Å². The van der Waals surface area contributed by atoms with Gasteiger partial charge >= 0.3 is 17.0 Å². The number of alkyl halides is 8. The Morgan fingerprint density at radius 3 is 1.57 bits per heavy atom. The average Bonchev–Trinajstić information content (AvgIpc) is 1.98. The second kappa shape index (κ2) is 2.72. The minimum absolute atomic E-state index is 0.237. The molecule has 0 aromatic heterocycles. The van der Waals surface area contributed by atoms with E-state index in [-0.39, 0.29) is 6.08 Å². The molecule has 2 atom stereocenters. The topological polar surface area (TPSA) is 0 Å². The van der Waals surface area contributed by atoms with Gasteiger partial charge in [-0.05, 0) is 12.2 Å². The van der Waals surface area contributed by atoms with Gasteiger partial charge in [0.05, 0.1) is 0 Å². The Labute approximate surface area is 84.5 Å². The van der Waals surface area contributed by atoms with Gasteiger partial charge in [0.25, 0.3) is 5.13 Å². The van der Waals surface area contributed by atoms with Gasteiger partial charge < -0.3 is 0 Å². The Hall–Kier alpha value is -0.100. The van der Waals surface area contributed by atoms with Gasteiger partial charge in [-0.1, -0.05) is 23.2 Å². The minimum atomic E-state index is -5.42. The van der Waals surface area contributed by atoms with Crippen LogP contribution in [-0.4, -0.2) is 22.1 Å². The smallest absolute Gasteiger partial charge is 0.216 e. The van der Waals surface area contributed by atoms with Crippen molar-refractivity contribution in [3.63, 3.8) is 0 Å². The molecule has 82 valence electrons. The number of halogens is 8. The van der Waals surface area contributed by atoms with Gasteiger partial charge in [-0.2, -0.15) is 17.6 Å². The summed E-state index contributed by atoms with van der Waals surface area (Å²) in [7, 11) is 0. The molecule has 0 saturated carbocycles. The third kappa shape index (κ3) is 1.23. The molecule has 14 heavy (non-hydrogen) atoms. The van der Waals surface area contributed by atoms with Gasteiger partial charge in [0, 0.05) is 0 Å². The van der Waals surface area contributed by atoms with Crippen LogP contribution in [-0.2, 0) is 0 Å². The van der Waals surface area contributed by atoms with Crippen molar-refractivity contribution in [2.24, 2.45) is 0 Å². The maximum atomic E-state index is 12.9. The molecule has 0 fully saturated rings. The number of allylic oxidation sites excluding steroid dienone is 2. The Kier molecular flexibility index (Phi) is 2.33. The Bertz CT molecular complexity index is 254. The molecule has 1 aliphatic rings. The highest BCUT2D eigenvalue weighted by Gasteiger charge is 2.78. The van der Waals surface area contributed by atoms with E-state index in [2.05, 4.69) is 23.2 Å². The summed E-state index contributed by atoms with van der Waals surface area (Å²) in [5.41, 5.74) is 0. The predicted molar refractivity (Wildman–Crippen MR) is 38.4 cm³/mol. The van der Waals surface area contributed by atoms with Gasteiger partial charge in [-0.15, -0.1) is 0 Å². The standard InChI is InChI=1S/C6H2Cl2F6/c7-3(9)1-2-4(10,11)6(13,14)5(3,8)12/h1-2H. The van der Waals surface area contributed by atoms with Crippen molar-refractivity contribution in [1.82, 2.24) is 0 Å². The Morgan fingerprint density at radius 1 is 0.786 bits per heavy atom. The largest absolute Gasteiger partial charge is 0.365 e. The molecule has 0 nitrogen and oxygen atoms in total. The molecule has 0 N–H and O–H groups in total. The normalized spacial score (nSPS) is 45.1. The fourth-order valence-corrected chi connectivity index (χ4v) is 1.21. The monoisotopic (exact) mass is 258 g/mol. The van der Waals surface area contributed by atoms with Gasteiger partial charge in [0.2, 0.25) is 0 Å². The van der Waals surface area contributed by atoms with Crippen LogP contribution in [0.2, 0.25) is 0 Å². The summed E-state index contributed by atoms with van der Waals surface area (Å²) in [4.78, 5) is 0. The SMILES string of the molecule is FC1(F)C=CC(F)(Cl)C(F)(Cl)C1(F)F. The van der Waals surface area contributed by atoms with Crippen molar-refractivity contribution in [2.75, 3.05) is 0 Å². The van der Waals surface area contributed by atoms with Crippen LogP contribution in [0.5, 0.6) is 0 Å². The first-order valence-corrected chi connectivity index (χ1v) is 3.93. The van der Waals surface area contributed by atoms with E-state index in [9.17, 15) is 26.3 Å². The zero-order valence-corrected chi connectivity index (χ0v) is 7.69. The van der Waals surface area contributed by atoms with Crippen LogP contribution in [0.25, 0.3) is 0 Å². The maximum absolute atomic E-state index is 12.9. The second-order valence-corrected chi connectivity index (χ2v) is 3.80. The van der Waals surface area contributed by atoms with Crippen molar-refractivity contribution >= 4 is 23.2 Å². The highest BCUT2D eigenvalue weighted by molar-refractivity contribution is 6.35. The fourth-order valence-electron chi connectivity index (χ4n) is 0.837. The van der Waals surface area contributed by atoms with Gasteiger partial charge in [-0.25, -0.2) is 8.78 Å². The molecule has 0 bridgehead atoms. The highest BCUT2D eigenvalue weighted by atomic mass is 35.5. The molecule has 0 radical (unpaired) electrons. The van der Waals surface area contributed by atoms with Crippen molar-refractivity contribution in [3.05, 3.63) is 12.2 Å². The quantitative estimate of drug-likeness (QED) is 0.354. The Morgan fingerprint density at radius 2 is 1.21 bits per heavy atom. The van der Waals surface area contributed by atoms with Crippen molar-refractivity contribution in [2.45, 2.75) is 22.1 Å². The third-order valence-electron chi connectivity index (χ3n) is 1.73. The second-order valence-electron chi connectivity index (χ2n) is 2.73. The van der Waals surface area contributed by atoms with Crippen molar-refractivity contribution < 1.29 is 26.3 Å². The Balaban J connectivity index is 3.36. The molecule has 8 heteroatoms. The van der Waals surface area contributed by atoms with Gasteiger partial charge in [0.1, 0.15) is 0 Å². The minimum Gasteiger partial charge on any atom is -0.216 e. The van der Waals surface area contributed by atoms with E-state index in [0.29, 0.717) is 0 Å². The lowest BCUT2D eigenvalue weighted by Crippen LogP contribution is -2.62. The summed E-state index contributed by atoms with van der Waals surface area (Å²) in [6.45, 7) is 0. The van der Waals surface area contributed by atoms with Crippen LogP contribution < -0.4 is 0 Å². The first-order chi connectivity index (χ1) is 5.96. The summed E-state index contributed by atoms with van der Waals surface area (Å²) in [5, 5.41) is -8.57. The predicted octanol–water partition coefficient (Wildman–Crippen LogP) is 3.64. The molecule has 0 saturated heterocycles. The van der Waals surface area contributed by atoms with Crippen LogP contribution in [0.15, 0.2) is 12.2 Å². The number of hydrogen-bond donors (Lipinski definition) is 0.